The van der Waals surface area contributed by atoms with Crippen LogP contribution in [0.1, 0.15) is 30.9 Å². The van der Waals surface area contributed by atoms with Crippen molar-refractivity contribution >= 4 is 22.4 Å². The Kier molecular flexibility index (Phi) is 3.90. The standard InChI is InChI=1S/C25H25N3O2/c1-30-20-7-3-6-19(14-20)27-16-18-13-23(28-12-4-10-25(18,28)24(27)29)22-8-2-5-17-15-26-11-9-21(17)22/h2-3,5-9,11,14-15,18,23H,4,10,12-13,16H2,1H3/t18-,23-,25-/m0/s1. The summed E-state index contributed by atoms with van der Waals surface area (Å²) >= 11 is 0. The molecule has 6 rings (SSSR count). The van der Waals surface area contributed by atoms with Gasteiger partial charge in [-0.3, -0.25) is 14.7 Å². The fraction of sp³-hybridized carbons (Fsp3) is 0.360. The fourth-order valence-electron chi connectivity index (χ4n) is 6.23. The maximum Gasteiger partial charge on any atom is 0.247 e. The third kappa shape index (κ3) is 2.33. The summed E-state index contributed by atoms with van der Waals surface area (Å²) in [5.41, 5.74) is 1.93. The molecule has 1 spiro atoms. The van der Waals surface area contributed by atoms with Crippen molar-refractivity contribution in [2.75, 3.05) is 25.1 Å². The summed E-state index contributed by atoms with van der Waals surface area (Å²) in [6, 6.07) is 16.8. The van der Waals surface area contributed by atoms with Crippen LogP contribution in [0.25, 0.3) is 10.8 Å². The maximum atomic E-state index is 13.9. The minimum absolute atomic E-state index is 0.266. The summed E-state index contributed by atoms with van der Waals surface area (Å²) in [6.45, 7) is 1.77. The minimum atomic E-state index is -0.358. The Morgan fingerprint density at radius 3 is 2.97 bits per heavy atom. The number of carbonyl (C=O) groups is 1. The van der Waals surface area contributed by atoms with E-state index >= 15 is 0 Å². The minimum Gasteiger partial charge on any atom is -0.497 e. The van der Waals surface area contributed by atoms with Crippen LogP contribution in [0, 0.1) is 5.92 Å². The van der Waals surface area contributed by atoms with Crippen LogP contribution in [0.2, 0.25) is 0 Å². The number of amides is 1. The second-order valence-electron chi connectivity index (χ2n) is 8.73. The first-order chi connectivity index (χ1) is 14.7. The molecular weight excluding hydrogens is 374 g/mol. The topological polar surface area (TPSA) is 45.7 Å². The third-order valence-corrected chi connectivity index (χ3v) is 7.49. The molecule has 5 heteroatoms. The van der Waals surface area contributed by atoms with E-state index in [2.05, 4.69) is 34.1 Å². The lowest BCUT2D eigenvalue weighted by Gasteiger charge is -2.34. The molecule has 4 heterocycles. The molecular formula is C25H25N3O2. The molecule has 0 aliphatic carbocycles. The van der Waals surface area contributed by atoms with Gasteiger partial charge >= 0.3 is 0 Å². The van der Waals surface area contributed by atoms with Crippen LogP contribution in [0.3, 0.4) is 0 Å². The highest BCUT2D eigenvalue weighted by Gasteiger charge is 2.65. The summed E-state index contributed by atoms with van der Waals surface area (Å²) in [5, 5.41) is 2.43. The molecule has 3 atom stereocenters. The Bertz CT molecular complexity index is 1140. The zero-order chi connectivity index (χ0) is 20.3. The number of fused-ring (bicyclic) bond motifs is 1. The first kappa shape index (κ1) is 17.9. The molecule has 3 aliphatic rings. The molecule has 0 bridgehead atoms. The van der Waals surface area contributed by atoms with Gasteiger partial charge in [-0.2, -0.15) is 0 Å². The molecule has 3 aromatic rings. The lowest BCUT2D eigenvalue weighted by molar-refractivity contribution is -0.126. The lowest BCUT2D eigenvalue weighted by Crippen LogP contribution is -2.49. The van der Waals surface area contributed by atoms with Crippen LogP contribution in [0.15, 0.2) is 60.9 Å². The number of hydrogen-bond acceptors (Lipinski definition) is 4. The molecule has 30 heavy (non-hydrogen) atoms. The van der Waals surface area contributed by atoms with E-state index in [1.165, 1.54) is 16.3 Å². The molecule has 1 amide bonds. The van der Waals surface area contributed by atoms with E-state index < -0.39 is 0 Å². The van der Waals surface area contributed by atoms with E-state index in [1.807, 2.05) is 41.6 Å². The van der Waals surface area contributed by atoms with Crippen molar-refractivity contribution in [3.05, 3.63) is 66.5 Å². The van der Waals surface area contributed by atoms with Crippen LogP contribution in [0.4, 0.5) is 5.69 Å². The zero-order valence-corrected chi connectivity index (χ0v) is 17.1. The van der Waals surface area contributed by atoms with Crippen molar-refractivity contribution in [1.82, 2.24) is 9.88 Å². The summed E-state index contributed by atoms with van der Waals surface area (Å²) in [4.78, 5) is 22.7. The quantitative estimate of drug-likeness (QED) is 0.663. The van der Waals surface area contributed by atoms with Gasteiger partial charge < -0.3 is 9.64 Å². The van der Waals surface area contributed by atoms with Crippen molar-refractivity contribution < 1.29 is 9.53 Å². The van der Waals surface area contributed by atoms with Crippen molar-refractivity contribution in [3.8, 4) is 5.75 Å². The average Bonchev–Trinajstić information content (AvgIpc) is 3.43. The van der Waals surface area contributed by atoms with Gasteiger partial charge in [0.1, 0.15) is 11.3 Å². The number of anilines is 1. The normalized spacial score (nSPS) is 28.2. The van der Waals surface area contributed by atoms with Gasteiger partial charge in [0.15, 0.2) is 0 Å². The molecule has 152 valence electrons. The average molecular weight is 399 g/mol. The first-order valence-electron chi connectivity index (χ1n) is 10.8. The lowest BCUT2D eigenvalue weighted by atomic mass is 9.85. The fourth-order valence-corrected chi connectivity index (χ4v) is 6.23. The van der Waals surface area contributed by atoms with Crippen LogP contribution in [-0.4, -0.2) is 41.5 Å². The number of rotatable bonds is 3. The molecule has 0 N–H and O–H groups in total. The Balaban J connectivity index is 1.39. The number of hydrogen-bond donors (Lipinski definition) is 0. The Hall–Kier alpha value is -2.92. The summed E-state index contributed by atoms with van der Waals surface area (Å²) in [7, 11) is 1.67. The third-order valence-electron chi connectivity index (χ3n) is 7.49. The predicted octanol–water partition coefficient (Wildman–Crippen LogP) is 4.19. The van der Waals surface area contributed by atoms with Gasteiger partial charge in [0.25, 0.3) is 0 Å². The predicted molar refractivity (Wildman–Crippen MR) is 117 cm³/mol. The summed E-state index contributed by atoms with van der Waals surface area (Å²) in [5.74, 6) is 1.41. The largest absolute Gasteiger partial charge is 0.497 e. The van der Waals surface area contributed by atoms with Gasteiger partial charge in [-0.15, -0.1) is 0 Å². The molecule has 5 nitrogen and oxygen atoms in total. The molecule has 2 aromatic carbocycles. The monoisotopic (exact) mass is 399 g/mol. The van der Waals surface area contributed by atoms with Crippen LogP contribution >= 0.6 is 0 Å². The molecule has 0 unspecified atom stereocenters. The van der Waals surface area contributed by atoms with Crippen molar-refractivity contribution in [2.24, 2.45) is 5.92 Å². The Morgan fingerprint density at radius 1 is 1.17 bits per heavy atom. The molecule has 3 saturated heterocycles. The van der Waals surface area contributed by atoms with Crippen molar-refractivity contribution in [1.29, 1.82) is 0 Å². The van der Waals surface area contributed by atoms with Gasteiger partial charge in [0.2, 0.25) is 5.91 Å². The highest BCUT2D eigenvalue weighted by molar-refractivity contribution is 6.04. The van der Waals surface area contributed by atoms with E-state index in [9.17, 15) is 4.79 Å². The van der Waals surface area contributed by atoms with Crippen molar-refractivity contribution in [3.63, 3.8) is 0 Å². The van der Waals surface area contributed by atoms with Crippen LogP contribution in [-0.2, 0) is 4.79 Å². The van der Waals surface area contributed by atoms with Crippen LogP contribution in [0.5, 0.6) is 5.75 Å². The van der Waals surface area contributed by atoms with Gasteiger partial charge in [0.05, 0.1) is 7.11 Å². The van der Waals surface area contributed by atoms with E-state index in [-0.39, 0.29) is 11.4 Å². The van der Waals surface area contributed by atoms with Crippen LogP contribution < -0.4 is 9.64 Å². The number of nitrogens with zero attached hydrogens (tertiary/aromatic N) is 3. The van der Waals surface area contributed by atoms with E-state index in [4.69, 9.17) is 4.74 Å². The van der Waals surface area contributed by atoms with Gasteiger partial charge in [0, 0.05) is 48.0 Å². The highest BCUT2D eigenvalue weighted by atomic mass is 16.5. The van der Waals surface area contributed by atoms with Crippen molar-refractivity contribution in [2.45, 2.75) is 30.8 Å². The summed E-state index contributed by atoms with van der Waals surface area (Å²) < 4.78 is 5.39. The number of carbonyl (C=O) groups excluding carboxylic acids is 1. The number of aromatic nitrogens is 1. The zero-order valence-electron chi connectivity index (χ0n) is 17.1. The van der Waals surface area contributed by atoms with E-state index in [0.717, 1.165) is 43.8 Å². The Labute approximate surface area is 176 Å². The smallest absolute Gasteiger partial charge is 0.247 e. The molecule has 0 saturated carbocycles. The number of methoxy groups -OCH3 is 1. The number of ether oxygens (including phenoxy) is 1. The molecule has 1 aromatic heterocycles. The van der Waals surface area contributed by atoms with Gasteiger partial charge in [-0.25, -0.2) is 0 Å². The van der Waals surface area contributed by atoms with Gasteiger partial charge in [-0.05, 0) is 55.0 Å². The molecule has 3 fully saturated rings. The number of pyridine rings is 1. The second kappa shape index (κ2) is 6.54. The van der Waals surface area contributed by atoms with E-state index in [0.29, 0.717) is 12.0 Å². The first-order valence-corrected chi connectivity index (χ1v) is 10.8. The highest BCUT2D eigenvalue weighted by Crippen LogP contribution is 2.57. The summed E-state index contributed by atoms with van der Waals surface area (Å²) in [6.07, 6.45) is 6.87. The maximum absolute atomic E-state index is 13.9. The second-order valence-corrected chi connectivity index (χ2v) is 8.73. The Morgan fingerprint density at radius 2 is 2.07 bits per heavy atom. The van der Waals surface area contributed by atoms with Gasteiger partial charge in [-0.1, -0.05) is 24.3 Å². The molecule has 3 aliphatic heterocycles. The number of benzene rings is 2. The molecule has 0 radical (unpaired) electrons. The van der Waals surface area contributed by atoms with E-state index in [1.54, 1.807) is 7.11 Å². The SMILES string of the molecule is COc1cccc(N2C[C@@H]3C[C@@H](c4cccc5cnccc45)N4CCC[C@@]34C2=O)c1.